The zero-order valence-corrected chi connectivity index (χ0v) is 11.6. The van der Waals surface area contributed by atoms with Crippen molar-refractivity contribution >= 4 is 6.09 Å². The van der Waals surface area contributed by atoms with E-state index in [9.17, 15) is 4.79 Å². The van der Waals surface area contributed by atoms with Crippen LogP contribution < -0.4 is 14.8 Å². The maximum Gasteiger partial charge on any atom is 0.412 e. The van der Waals surface area contributed by atoms with Crippen LogP contribution in [-0.4, -0.2) is 19.2 Å². The lowest BCUT2D eigenvalue weighted by Gasteiger charge is -2.18. The molecule has 100 valence electrons. The number of para-hydroxylation sites is 1. The molecule has 0 saturated carbocycles. The maximum absolute atomic E-state index is 11.4. The molecule has 0 saturated heterocycles. The predicted molar refractivity (Wildman–Crippen MR) is 71.4 cm³/mol. The lowest BCUT2D eigenvalue weighted by Crippen LogP contribution is -2.23. The molecular weight excluding hydrogens is 230 g/mol. The van der Waals surface area contributed by atoms with Gasteiger partial charge in [-0.25, -0.2) is 4.79 Å². The molecule has 0 aromatic heterocycles. The Kier molecular flexibility index (Phi) is 5.01. The van der Waals surface area contributed by atoms with Crippen LogP contribution in [0.25, 0.3) is 0 Å². The van der Waals surface area contributed by atoms with Crippen LogP contribution in [0.3, 0.4) is 0 Å². The van der Waals surface area contributed by atoms with Gasteiger partial charge in [0, 0.05) is 12.6 Å². The van der Waals surface area contributed by atoms with Crippen LogP contribution in [0.15, 0.2) is 18.2 Å². The van der Waals surface area contributed by atoms with E-state index in [0.717, 1.165) is 5.56 Å². The van der Waals surface area contributed by atoms with Crippen molar-refractivity contribution in [3.8, 4) is 11.5 Å². The summed E-state index contributed by atoms with van der Waals surface area (Å²) >= 11 is 0. The Balaban J connectivity index is 3.16. The molecule has 0 spiro atoms. The summed E-state index contributed by atoms with van der Waals surface area (Å²) in [6, 6.07) is 5.66. The van der Waals surface area contributed by atoms with E-state index >= 15 is 0 Å². The smallest absolute Gasteiger partial charge is 0.412 e. The second-order valence-corrected chi connectivity index (χ2v) is 4.64. The third kappa shape index (κ3) is 3.65. The number of carbonyl (C=O) groups excluding carboxylic acids is 1. The van der Waals surface area contributed by atoms with Gasteiger partial charge in [-0.05, 0) is 25.8 Å². The minimum absolute atomic E-state index is 0.0273. The van der Waals surface area contributed by atoms with Crippen molar-refractivity contribution in [2.45, 2.75) is 39.7 Å². The van der Waals surface area contributed by atoms with Gasteiger partial charge in [0.2, 0.25) is 0 Å². The van der Waals surface area contributed by atoms with Crippen LogP contribution in [0.2, 0.25) is 0 Å². The highest BCUT2D eigenvalue weighted by molar-refractivity contribution is 5.72. The van der Waals surface area contributed by atoms with Crippen molar-refractivity contribution in [2.75, 3.05) is 7.05 Å². The van der Waals surface area contributed by atoms with Crippen LogP contribution in [0.1, 0.15) is 39.2 Å². The summed E-state index contributed by atoms with van der Waals surface area (Å²) in [5.74, 6) is 1.35. The third-order valence-corrected chi connectivity index (χ3v) is 2.39. The van der Waals surface area contributed by atoms with Gasteiger partial charge < -0.3 is 14.8 Å². The molecule has 0 aliphatic heterocycles. The zero-order valence-electron chi connectivity index (χ0n) is 11.6. The van der Waals surface area contributed by atoms with Gasteiger partial charge in [-0.1, -0.05) is 26.0 Å². The number of rotatable bonds is 4. The Morgan fingerprint density at radius 1 is 1.22 bits per heavy atom. The summed E-state index contributed by atoms with van der Waals surface area (Å²) in [5.41, 5.74) is 0.955. The van der Waals surface area contributed by atoms with Gasteiger partial charge in [-0.3, -0.25) is 0 Å². The number of hydrogen-bond acceptors (Lipinski definition) is 3. The number of carbonyl (C=O) groups is 1. The molecule has 0 fully saturated rings. The van der Waals surface area contributed by atoms with Crippen molar-refractivity contribution < 1.29 is 14.3 Å². The van der Waals surface area contributed by atoms with Crippen LogP contribution >= 0.6 is 0 Å². The summed E-state index contributed by atoms with van der Waals surface area (Å²) in [4.78, 5) is 11.4. The van der Waals surface area contributed by atoms with Crippen molar-refractivity contribution in [1.29, 1.82) is 0 Å². The van der Waals surface area contributed by atoms with Crippen LogP contribution in [0.4, 0.5) is 4.79 Å². The van der Waals surface area contributed by atoms with Crippen molar-refractivity contribution in [3.63, 3.8) is 0 Å². The number of amides is 1. The zero-order chi connectivity index (χ0) is 13.7. The van der Waals surface area contributed by atoms with E-state index in [4.69, 9.17) is 9.47 Å². The Labute approximate surface area is 108 Å². The summed E-state index contributed by atoms with van der Waals surface area (Å²) in [7, 11) is 1.53. The van der Waals surface area contributed by atoms with Gasteiger partial charge in [0.15, 0.2) is 11.5 Å². The fourth-order valence-electron chi connectivity index (χ4n) is 1.59. The van der Waals surface area contributed by atoms with Crippen molar-refractivity contribution in [1.82, 2.24) is 5.32 Å². The SMILES string of the molecule is CNC(=O)Oc1c(OC(C)C)cccc1C(C)C. The molecule has 0 unspecified atom stereocenters. The molecule has 4 nitrogen and oxygen atoms in total. The van der Waals surface area contributed by atoms with Crippen LogP contribution in [0, 0.1) is 0 Å². The number of ether oxygens (including phenoxy) is 2. The first-order chi connectivity index (χ1) is 8.45. The number of hydrogen-bond donors (Lipinski definition) is 1. The highest BCUT2D eigenvalue weighted by Crippen LogP contribution is 2.36. The highest BCUT2D eigenvalue weighted by atomic mass is 16.6. The molecule has 18 heavy (non-hydrogen) atoms. The minimum atomic E-state index is -0.489. The monoisotopic (exact) mass is 251 g/mol. The molecular formula is C14H21NO3. The highest BCUT2D eigenvalue weighted by Gasteiger charge is 2.17. The molecule has 1 aromatic rings. The molecule has 0 heterocycles. The second kappa shape index (κ2) is 6.28. The van der Waals surface area contributed by atoms with E-state index in [1.807, 2.05) is 45.9 Å². The largest absolute Gasteiger partial charge is 0.487 e. The van der Waals surface area contributed by atoms with E-state index in [1.165, 1.54) is 7.05 Å². The maximum atomic E-state index is 11.4. The molecule has 1 N–H and O–H groups in total. The molecule has 0 radical (unpaired) electrons. The van der Waals surface area contributed by atoms with Gasteiger partial charge in [0.05, 0.1) is 6.10 Å². The van der Waals surface area contributed by atoms with E-state index in [2.05, 4.69) is 5.32 Å². The first kappa shape index (κ1) is 14.4. The first-order valence-corrected chi connectivity index (χ1v) is 6.14. The average molecular weight is 251 g/mol. The minimum Gasteiger partial charge on any atom is -0.487 e. The molecule has 1 aromatic carbocycles. The van der Waals surface area contributed by atoms with E-state index in [1.54, 1.807) is 0 Å². The quantitative estimate of drug-likeness (QED) is 0.893. The lowest BCUT2D eigenvalue weighted by molar-refractivity contribution is 0.193. The van der Waals surface area contributed by atoms with Crippen LogP contribution in [0.5, 0.6) is 11.5 Å². The van der Waals surface area contributed by atoms with Gasteiger partial charge in [0.1, 0.15) is 0 Å². The van der Waals surface area contributed by atoms with E-state index in [-0.39, 0.29) is 12.0 Å². The molecule has 0 bridgehead atoms. The van der Waals surface area contributed by atoms with Crippen molar-refractivity contribution in [2.24, 2.45) is 0 Å². The van der Waals surface area contributed by atoms with Crippen molar-refractivity contribution in [3.05, 3.63) is 23.8 Å². The Hall–Kier alpha value is -1.71. The Morgan fingerprint density at radius 3 is 2.39 bits per heavy atom. The fraction of sp³-hybridized carbons (Fsp3) is 0.500. The first-order valence-electron chi connectivity index (χ1n) is 6.14. The summed E-state index contributed by atoms with van der Waals surface area (Å²) in [6.07, 6.45) is -0.462. The van der Waals surface area contributed by atoms with E-state index in [0.29, 0.717) is 11.5 Å². The fourth-order valence-corrected chi connectivity index (χ4v) is 1.59. The summed E-state index contributed by atoms with van der Waals surface area (Å²) in [5, 5.41) is 2.44. The standard InChI is InChI=1S/C14H21NO3/c1-9(2)11-7-6-8-12(17-10(3)4)13(11)18-14(16)15-5/h6-10H,1-5H3,(H,15,16). The molecule has 0 atom stereocenters. The van der Waals surface area contributed by atoms with Gasteiger partial charge in [0.25, 0.3) is 0 Å². The molecule has 0 aliphatic rings. The summed E-state index contributed by atoms with van der Waals surface area (Å²) < 4.78 is 11.0. The number of nitrogens with one attached hydrogen (secondary N) is 1. The Bertz CT molecular complexity index is 414. The Morgan fingerprint density at radius 2 is 1.89 bits per heavy atom. The molecule has 0 aliphatic carbocycles. The second-order valence-electron chi connectivity index (χ2n) is 4.64. The predicted octanol–water partition coefficient (Wildman–Crippen LogP) is 3.32. The molecule has 4 heteroatoms. The van der Waals surface area contributed by atoms with Gasteiger partial charge >= 0.3 is 6.09 Å². The average Bonchev–Trinajstić information content (AvgIpc) is 2.30. The molecule has 1 amide bonds. The van der Waals surface area contributed by atoms with Crippen LogP contribution in [-0.2, 0) is 0 Å². The molecule has 1 rings (SSSR count). The lowest BCUT2D eigenvalue weighted by atomic mass is 10.0. The normalized spacial score (nSPS) is 10.6. The van der Waals surface area contributed by atoms with Gasteiger partial charge in [-0.2, -0.15) is 0 Å². The topological polar surface area (TPSA) is 47.6 Å². The third-order valence-electron chi connectivity index (χ3n) is 2.39. The van der Waals surface area contributed by atoms with E-state index < -0.39 is 6.09 Å². The van der Waals surface area contributed by atoms with Gasteiger partial charge in [-0.15, -0.1) is 0 Å². The number of benzene rings is 1. The summed E-state index contributed by atoms with van der Waals surface area (Å²) in [6.45, 7) is 7.97.